The monoisotopic (exact) mass is 425 g/mol. The minimum absolute atomic E-state index is 0.198. The molecule has 0 aliphatic heterocycles. The second-order valence-corrected chi connectivity index (χ2v) is 8.78. The van der Waals surface area contributed by atoms with Crippen molar-refractivity contribution in [2.24, 2.45) is 11.7 Å². The molecule has 6 rings (SSSR count). The van der Waals surface area contributed by atoms with Crippen LogP contribution < -0.4 is 16.4 Å². The van der Waals surface area contributed by atoms with Gasteiger partial charge in [-0.05, 0) is 40.2 Å². The fourth-order valence-corrected chi connectivity index (χ4v) is 5.55. The number of benzene rings is 3. The lowest BCUT2D eigenvalue weighted by Crippen LogP contribution is -2.51. The number of hydrogen-bond donors (Lipinski definition) is 3. The van der Waals surface area contributed by atoms with E-state index >= 15 is 0 Å². The number of rotatable bonds is 6. The third-order valence-corrected chi connectivity index (χ3v) is 6.88. The molecular formula is C27H27N3O2. The van der Waals surface area contributed by atoms with E-state index in [1.54, 1.807) is 0 Å². The summed E-state index contributed by atoms with van der Waals surface area (Å²) in [7, 11) is 0. The molecule has 0 fully saturated rings. The van der Waals surface area contributed by atoms with E-state index in [1.807, 2.05) is 30.3 Å². The van der Waals surface area contributed by atoms with Crippen molar-refractivity contribution in [3.63, 3.8) is 0 Å². The summed E-state index contributed by atoms with van der Waals surface area (Å²) in [5, 5.41) is 5.72. The molecule has 2 bridgehead atoms. The molecule has 162 valence electrons. The van der Waals surface area contributed by atoms with Crippen molar-refractivity contribution >= 4 is 11.9 Å². The highest BCUT2D eigenvalue weighted by molar-refractivity contribution is 5.86. The Morgan fingerprint density at radius 1 is 0.844 bits per heavy atom. The van der Waals surface area contributed by atoms with Gasteiger partial charge in [-0.15, -0.1) is 0 Å². The molecular weight excluding hydrogens is 398 g/mol. The molecule has 0 spiro atoms. The first kappa shape index (κ1) is 20.3. The number of urea groups is 1. The van der Waals surface area contributed by atoms with Crippen LogP contribution >= 0.6 is 0 Å². The third kappa shape index (κ3) is 3.75. The van der Waals surface area contributed by atoms with Crippen molar-refractivity contribution in [3.8, 4) is 0 Å². The van der Waals surface area contributed by atoms with Gasteiger partial charge in [0.2, 0.25) is 5.91 Å². The standard InChI is InChI=1S/C27H27N3O2/c28-27(32)30-24(14-17-8-2-1-3-9-17)26(31)29-16-18-15-23-19-10-4-6-12-21(19)25(18)22-13-7-5-11-20(22)23/h1-13,18,23-25H,14-16H2,(H,29,31)(H3,28,30,32). The summed E-state index contributed by atoms with van der Waals surface area (Å²) in [6, 6.07) is 25.6. The molecule has 5 heteroatoms. The molecule has 3 aliphatic carbocycles. The number of amides is 3. The molecule has 0 saturated heterocycles. The Kier molecular flexibility index (Phi) is 5.39. The highest BCUT2D eigenvalue weighted by Crippen LogP contribution is 2.55. The van der Waals surface area contributed by atoms with Gasteiger partial charge in [-0.25, -0.2) is 4.79 Å². The van der Waals surface area contributed by atoms with Gasteiger partial charge in [0.1, 0.15) is 6.04 Å². The first-order valence-corrected chi connectivity index (χ1v) is 11.2. The van der Waals surface area contributed by atoms with E-state index in [9.17, 15) is 9.59 Å². The Hall–Kier alpha value is -3.60. The van der Waals surface area contributed by atoms with E-state index in [2.05, 4.69) is 59.2 Å². The molecule has 5 nitrogen and oxygen atoms in total. The van der Waals surface area contributed by atoms with E-state index in [4.69, 9.17) is 5.73 Å². The second kappa shape index (κ2) is 8.50. The summed E-state index contributed by atoms with van der Waals surface area (Å²) < 4.78 is 0. The molecule has 3 aromatic rings. The van der Waals surface area contributed by atoms with Crippen molar-refractivity contribution in [2.45, 2.75) is 30.7 Å². The lowest BCUT2D eigenvalue weighted by atomic mass is 9.59. The zero-order chi connectivity index (χ0) is 22.1. The summed E-state index contributed by atoms with van der Waals surface area (Å²) in [5.41, 5.74) is 11.9. The van der Waals surface area contributed by atoms with Crippen LogP contribution in [0, 0.1) is 5.92 Å². The van der Waals surface area contributed by atoms with Gasteiger partial charge in [-0.1, -0.05) is 78.9 Å². The van der Waals surface area contributed by atoms with Crippen LogP contribution in [0.25, 0.3) is 0 Å². The Balaban J connectivity index is 1.34. The maximum Gasteiger partial charge on any atom is 0.312 e. The maximum atomic E-state index is 13.0. The molecule has 2 unspecified atom stereocenters. The lowest BCUT2D eigenvalue weighted by Gasteiger charge is -2.45. The van der Waals surface area contributed by atoms with E-state index in [0.717, 1.165) is 12.0 Å². The normalized spacial score (nSPS) is 21.2. The number of nitrogens with two attached hydrogens (primary N) is 1. The minimum Gasteiger partial charge on any atom is -0.354 e. The third-order valence-electron chi connectivity index (χ3n) is 6.88. The Labute approximate surface area is 188 Å². The van der Waals surface area contributed by atoms with Crippen LogP contribution in [0.1, 0.15) is 46.1 Å². The molecule has 32 heavy (non-hydrogen) atoms. The van der Waals surface area contributed by atoms with Crippen LogP contribution in [0.15, 0.2) is 78.9 Å². The SMILES string of the molecule is NC(=O)NC(Cc1ccccc1)C(=O)NCC1CC2c3ccccc3C1c1ccccc12. The van der Waals surface area contributed by atoms with E-state index < -0.39 is 12.1 Å². The van der Waals surface area contributed by atoms with Gasteiger partial charge in [-0.2, -0.15) is 0 Å². The maximum absolute atomic E-state index is 13.0. The average molecular weight is 426 g/mol. The molecule has 0 heterocycles. The Morgan fingerprint density at radius 2 is 1.41 bits per heavy atom. The molecule has 3 amide bonds. The Morgan fingerprint density at radius 3 is 2.00 bits per heavy atom. The lowest BCUT2D eigenvalue weighted by molar-refractivity contribution is -0.123. The van der Waals surface area contributed by atoms with Crippen LogP contribution in [0.2, 0.25) is 0 Å². The summed E-state index contributed by atoms with van der Waals surface area (Å²) in [4.78, 5) is 24.6. The molecule has 0 aromatic heterocycles. The zero-order valence-corrected chi connectivity index (χ0v) is 17.8. The molecule has 2 atom stereocenters. The van der Waals surface area contributed by atoms with Gasteiger partial charge in [-0.3, -0.25) is 4.79 Å². The summed E-state index contributed by atoms with van der Waals surface area (Å²) in [6.45, 7) is 0.564. The van der Waals surface area contributed by atoms with E-state index in [1.165, 1.54) is 22.3 Å². The van der Waals surface area contributed by atoms with Crippen LogP contribution in [0.3, 0.4) is 0 Å². The smallest absolute Gasteiger partial charge is 0.312 e. The van der Waals surface area contributed by atoms with Crippen molar-refractivity contribution < 1.29 is 9.59 Å². The molecule has 0 radical (unpaired) electrons. The number of fused-ring (bicyclic) bond motifs is 1. The minimum atomic E-state index is -0.699. The number of carbonyl (C=O) groups excluding carboxylic acids is 2. The summed E-state index contributed by atoms with van der Waals surface area (Å²) in [6.07, 6.45) is 1.41. The van der Waals surface area contributed by atoms with Crippen LogP contribution in [0.5, 0.6) is 0 Å². The van der Waals surface area contributed by atoms with Crippen molar-refractivity contribution in [1.29, 1.82) is 0 Å². The molecule has 3 aromatic carbocycles. The van der Waals surface area contributed by atoms with Crippen LogP contribution in [-0.4, -0.2) is 24.5 Å². The highest BCUT2D eigenvalue weighted by atomic mass is 16.2. The second-order valence-electron chi connectivity index (χ2n) is 8.78. The van der Waals surface area contributed by atoms with Gasteiger partial charge >= 0.3 is 6.03 Å². The van der Waals surface area contributed by atoms with E-state index in [0.29, 0.717) is 24.8 Å². The topological polar surface area (TPSA) is 84.2 Å². The highest BCUT2D eigenvalue weighted by Gasteiger charge is 2.43. The fraction of sp³-hybridized carbons (Fsp3) is 0.259. The number of nitrogens with one attached hydrogen (secondary N) is 2. The fourth-order valence-electron chi connectivity index (χ4n) is 5.55. The van der Waals surface area contributed by atoms with Crippen LogP contribution in [-0.2, 0) is 11.2 Å². The number of primary amides is 1. The zero-order valence-electron chi connectivity index (χ0n) is 17.8. The van der Waals surface area contributed by atoms with Crippen molar-refractivity contribution in [2.75, 3.05) is 6.54 Å². The quantitative estimate of drug-likeness (QED) is 0.563. The molecule has 0 saturated carbocycles. The van der Waals surface area contributed by atoms with Gasteiger partial charge < -0.3 is 16.4 Å². The number of hydrogen-bond acceptors (Lipinski definition) is 2. The molecule has 3 aliphatic rings. The molecule has 4 N–H and O–H groups in total. The summed E-state index contributed by atoms with van der Waals surface area (Å²) in [5.74, 6) is 0.734. The first-order chi connectivity index (χ1) is 15.6. The predicted molar refractivity (Wildman–Crippen MR) is 124 cm³/mol. The van der Waals surface area contributed by atoms with Crippen molar-refractivity contribution in [1.82, 2.24) is 10.6 Å². The van der Waals surface area contributed by atoms with E-state index in [-0.39, 0.29) is 11.8 Å². The van der Waals surface area contributed by atoms with Crippen LogP contribution in [0.4, 0.5) is 4.79 Å². The van der Waals surface area contributed by atoms with Gasteiger partial charge in [0, 0.05) is 24.8 Å². The average Bonchev–Trinajstić information content (AvgIpc) is 2.82. The Bertz CT molecular complexity index is 1100. The largest absolute Gasteiger partial charge is 0.354 e. The van der Waals surface area contributed by atoms with Gasteiger partial charge in [0.05, 0.1) is 0 Å². The first-order valence-electron chi connectivity index (χ1n) is 11.2. The predicted octanol–water partition coefficient (Wildman–Crippen LogP) is 3.68. The van der Waals surface area contributed by atoms with Crippen molar-refractivity contribution in [3.05, 3.63) is 107 Å². The van der Waals surface area contributed by atoms with Gasteiger partial charge in [0.25, 0.3) is 0 Å². The van der Waals surface area contributed by atoms with Gasteiger partial charge in [0.15, 0.2) is 0 Å². The summed E-state index contributed by atoms with van der Waals surface area (Å²) >= 11 is 0. The number of carbonyl (C=O) groups is 2.